The number of aromatic amines is 1. The lowest BCUT2D eigenvalue weighted by molar-refractivity contribution is 0.220. The molecule has 0 amide bonds. The lowest BCUT2D eigenvalue weighted by Crippen LogP contribution is -2.22. The molecule has 0 bridgehead atoms. The van der Waals surface area contributed by atoms with Gasteiger partial charge < -0.3 is 9.72 Å². The number of hydrogen-bond donors (Lipinski definition) is 1. The van der Waals surface area contributed by atoms with E-state index in [2.05, 4.69) is 22.1 Å². The summed E-state index contributed by atoms with van der Waals surface area (Å²) in [5, 5.41) is 0. The molecule has 0 aliphatic carbocycles. The highest BCUT2D eigenvalue weighted by atomic mass is 16.5. The third-order valence-electron chi connectivity index (χ3n) is 3.02. The number of fused-ring (bicyclic) bond motifs is 1. The molecule has 1 aliphatic rings. The zero-order valence-electron chi connectivity index (χ0n) is 9.02. The fourth-order valence-corrected chi connectivity index (χ4v) is 2.23. The van der Waals surface area contributed by atoms with Gasteiger partial charge in [0.25, 0.3) is 0 Å². The first-order chi connectivity index (χ1) is 7.92. The summed E-state index contributed by atoms with van der Waals surface area (Å²) >= 11 is 0. The molecule has 82 valence electrons. The number of rotatable bonds is 2. The monoisotopic (exact) mass is 214 g/mol. The van der Waals surface area contributed by atoms with Gasteiger partial charge in [-0.1, -0.05) is 18.2 Å². The number of imidazole rings is 1. The molecule has 1 aromatic heterocycles. The second-order valence-corrected chi connectivity index (χ2v) is 4.27. The minimum absolute atomic E-state index is 0.551. The zero-order valence-corrected chi connectivity index (χ0v) is 9.02. The van der Waals surface area contributed by atoms with Crippen molar-refractivity contribution in [3.8, 4) is 5.75 Å². The molecule has 1 N–H and O–H groups in total. The summed E-state index contributed by atoms with van der Waals surface area (Å²) < 4.78 is 5.75. The Morgan fingerprint density at radius 3 is 3.19 bits per heavy atom. The molecule has 0 spiro atoms. The average Bonchev–Trinajstić information content (AvgIpc) is 2.82. The van der Waals surface area contributed by atoms with Crippen LogP contribution >= 0.6 is 0 Å². The van der Waals surface area contributed by atoms with Crippen molar-refractivity contribution in [2.45, 2.75) is 12.8 Å². The Kier molecular flexibility index (Phi) is 2.37. The van der Waals surface area contributed by atoms with Crippen molar-refractivity contribution >= 4 is 0 Å². The molecule has 1 unspecified atom stereocenters. The van der Waals surface area contributed by atoms with Gasteiger partial charge in [0, 0.05) is 17.8 Å². The summed E-state index contributed by atoms with van der Waals surface area (Å²) in [6.45, 7) is 0.802. The van der Waals surface area contributed by atoms with E-state index in [-0.39, 0.29) is 0 Å². The van der Waals surface area contributed by atoms with Crippen LogP contribution in [0.3, 0.4) is 0 Å². The molecular weight excluding hydrogens is 200 g/mol. The van der Waals surface area contributed by atoms with E-state index in [1.807, 2.05) is 18.3 Å². The molecule has 2 heterocycles. The maximum absolute atomic E-state index is 5.75. The number of ether oxygens (including phenoxy) is 1. The Morgan fingerprint density at radius 2 is 2.31 bits per heavy atom. The highest BCUT2D eigenvalue weighted by molar-refractivity contribution is 5.35. The van der Waals surface area contributed by atoms with E-state index in [1.165, 1.54) is 11.3 Å². The second kappa shape index (κ2) is 4.00. The normalized spacial score (nSPS) is 18.9. The number of hydrogen-bond acceptors (Lipinski definition) is 2. The molecule has 3 heteroatoms. The van der Waals surface area contributed by atoms with E-state index < -0.39 is 0 Å². The van der Waals surface area contributed by atoms with E-state index in [4.69, 9.17) is 4.74 Å². The first-order valence-corrected chi connectivity index (χ1v) is 5.60. The van der Waals surface area contributed by atoms with Crippen LogP contribution in [0.25, 0.3) is 0 Å². The molecule has 1 aromatic carbocycles. The van der Waals surface area contributed by atoms with Crippen LogP contribution < -0.4 is 4.74 Å². The van der Waals surface area contributed by atoms with Crippen molar-refractivity contribution in [3.05, 3.63) is 48.0 Å². The van der Waals surface area contributed by atoms with Crippen LogP contribution in [0.2, 0.25) is 0 Å². The van der Waals surface area contributed by atoms with E-state index in [0.717, 1.165) is 25.2 Å². The van der Waals surface area contributed by atoms with Gasteiger partial charge in [0.1, 0.15) is 5.75 Å². The first-order valence-electron chi connectivity index (χ1n) is 5.60. The van der Waals surface area contributed by atoms with Crippen LogP contribution in [0.1, 0.15) is 11.3 Å². The molecule has 3 rings (SSSR count). The van der Waals surface area contributed by atoms with Gasteiger partial charge in [-0.25, -0.2) is 4.98 Å². The van der Waals surface area contributed by atoms with Gasteiger partial charge in [-0.3, -0.25) is 0 Å². The third kappa shape index (κ3) is 1.81. The molecule has 2 aromatic rings. The minimum Gasteiger partial charge on any atom is -0.493 e. The number of nitrogens with one attached hydrogen (secondary N) is 1. The quantitative estimate of drug-likeness (QED) is 0.832. The van der Waals surface area contributed by atoms with Crippen molar-refractivity contribution in [1.82, 2.24) is 9.97 Å². The fraction of sp³-hybridized carbons (Fsp3) is 0.308. The molecule has 0 radical (unpaired) electrons. The topological polar surface area (TPSA) is 37.9 Å². The van der Waals surface area contributed by atoms with Crippen molar-refractivity contribution in [3.63, 3.8) is 0 Å². The maximum Gasteiger partial charge on any atom is 0.122 e. The van der Waals surface area contributed by atoms with E-state index >= 15 is 0 Å². The number of nitrogens with zero attached hydrogens (tertiary/aromatic N) is 1. The van der Waals surface area contributed by atoms with Gasteiger partial charge in [0.2, 0.25) is 0 Å². The van der Waals surface area contributed by atoms with Crippen LogP contribution in [-0.2, 0) is 12.8 Å². The highest BCUT2D eigenvalue weighted by Crippen LogP contribution is 2.27. The summed E-state index contributed by atoms with van der Waals surface area (Å²) in [7, 11) is 0. The van der Waals surface area contributed by atoms with Gasteiger partial charge in [-0.05, 0) is 24.5 Å². The average molecular weight is 214 g/mol. The summed E-state index contributed by atoms with van der Waals surface area (Å²) in [6.07, 6.45) is 5.72. The van der Waals surface area contributed by atoms with Crippen LogP contribution in [0, 0.1) is 5.92 Å². The molecule has 0 saturated heterocycles. The number of para-hydroxylation sites is 1. The lowest BCUT2D eigenvalue weighted by atomic mass is 9.93. The Morgan fingerprint density at radius 1 is 1.38 bits per heavy atom. The van der Waals surface area contributed by atoms with E-state index in [0.29, 0.717) is 5.92 Å². The van der Waals surface area contributed by atoms with Crippen molar-refractivity contribution in [1.29, 1.82) is 0 Å². The van der Waals surface area contributed by atoms with Crippen molar-refractivity contribution < 1.29 is 4.74 Å². The largest absolute Gasteiger partial charge is 0.493 e. The predicted octanol–water partition coefficient (Wildman–Crippen LogP) is 2.20. The first kappa shape index (κ1) is 9.46. The Balaban J connectivity index is 1.73. The maximum atomic E-state index is 5.75. The molecule has 0 fully saturated rings. The summed E-state index contributed by atoms with van der Waals surface area (Å²) in [5.41, 5.74) is 2.51. The molecule has 1 atom stereocenters. The Labute approximate surface area is 94.5 Å². The predicted molar refractivity (Wildman–Crippen MR) is 61.4 cm³/mol. The zero-order chi connectivity index (χ0) is 10.8. The molecule has 3 nitrogen and oxygen atoms in total. The number of benzene rings is 1. The smallest absolute Gasteiger partial charge is 0.122 e. The number of H-pyrrole nitrogens is 1. The molecule has 0 saturated carbocycles. The fourth-order valence-electron chi connectivity index (χ4n) is 2.23. The minimum atomic E-state index is 0.551. The van der Waals surface area contributed by atoms with Crippen LogP contribution in [0.4, 0.5) is 0 Å². The van der Waals surface area contributed by atoms with Crippen molar-refractivity contribution in [2.24, 2.45) is 5.92 Å². The van der Waals surface area contributed by atoms with E-state index in [9.17, 15) is 0 Å². The number of aromatic nitrogens is 2. The van der Waals surface area contributed by atoms with Crippen LogP contribution in [-0.4, -0.2) is 16.6 Å². The highest BCUT2D eigenvalue weighted by Gasteiger charge is 2.19. The van der Waals surface area contributed by atoms with E-state index in [1.54, 1.807) is 6.33 Å². The summed E-state index contributed by atoms with van der Waals surface area (Å²) in [5.74, 6) is 1.60. The molecular formula is C13H14N2O. The van der Waals surface area contributed by atoms with Gasteiger partial charge in [0.05, 0.1) is 12.9 Å². The van der Waals surface area contributed by atoms with Gasteiger partial charge in [-0.2, -0.15) is 0 Å². The summed E-state index contributed by atoms with van der Waals surface area (Å²) in [6, 6.07) is 8.28. The second-order valence-electron chi connectivity index (χ2n) is 4.27. The SMILES string of the molecule is c1ccc2c(c1)CC(Cc1cnc[nH]1)CO2. The standard InChI is InChI=1S/C13H14N2O/c1-2-4-13-11(3-1)5-10(8-16-13)6-12-7-14-9-15-12/h1-4,7,9-10H,5-6,8H2,(H,14,15). The summed E-state index contributed by atoms with van der Waals surface area (Å²) in [4.78, 5) is 7.18. The lowest BCUT2D eigenvalue weighted by Gasteiger charge is -2.24. The van der Waals surface area contributed by atoms with Crippen molar-refractivity contribution in [2.75, 3.05) is 6.61 Å². The van der Waals surface area contributed by atoms with Crippen LogP contribution in [0.15, 0.2) is 36.8 Å². The van der Waals surface area contributed by atoms with Gasteiger partial charge in [0.15, 0.2) is 0 Å². The Bertz CT molecular complexity index is 465. The van der Waals surface area contributed by atoms with Gasteiger partial charge in [-0.15, -0.1) is 0 Å². The molecule has 1 aliphatic heterocycles. The van der Waals surface area contributed by atoms with Gasteiger partial charge >= 0.3 is 0 Å². The molecule has 16 heavy (non-hydrogen) atoms. The Hall–Kier alpha value is -1.77. The van der Waals surface area contributed by atoms with Crippen LogP contribution in [0.5, 0.6) is 5.75 Å². The third-order valence-corrected chi connectivity index (χ3v) is 3.02.